The van der Waals surface area contributed by atoms with Crippen molar-refractivity contribution in [3.05, 3.63) is 234 Å². The van der Waals surface area contributed by atoms with Crippen molar-refractivity contribution in [3.63, 3.8) is 0 Å². The molecule has 64 heavy (non-hydrogen) atoms. The standard InChI is InChI=1S/C63H51N/c1-61(2)56-23-11-8-20-50(56)53-37-43(28-33-58(53)61)41-15-13-17-47(35-41)64(46-30-25-40(26-31-46)45-27-32-52-49-19-7-10-22-55(49)63(5,6)60(52)39-45)48-18-14-16-42(36-48)44-29-34-59-54(38-44)51-21-9-12-24-57(51)62(59,3)4/h7-39H,1-6H3. The third kappa shape index (κ3) is 5.70. The van der Waals surface area contributed by atoms with Crippen molar-refractivity contribution < 1.29 is 0 Å². The zero-order valence-electron chi connectivity index (χ0n) is 37.5. The van der Waals surface area contributed by atoms with Crippen LogP contribution in [0.15, 0.2) is 200 Å². The molecule has 0 unspecified atom stereocenters. The highest BCUT2D eigenvalue weighted by molar-refractivity contribution is 5.89. The van der Waals surface area contributed by atoms with Gasteiger partial charge in [0.05, 0.1) is 0 Å². The van der Waals surface area contributed by atoms with Crippen LogP contribution < -0.4 is 4.90 Å². The molecular weight excluding hydrogens is 771 g/mol. The predicted molar refractivity (Wildman–Crippen MR) is 270 cm³/mol. The molecule has 9 aromatic carbocycles. The molecule has 3 aliphatic rings. The van der Waals surface area contributed by atoms with E-state index in [4.69, 9.17) is 0 Å². The van der Waals surface area contributed by atoms with Crippen molar-refractivity contribution in [1.82, 2.24) is 0 Å². The number of fused-ring (bicyclic) bond motifs is 9. The molecule has 0 aliphatic heterocycles. The van der Waals surface area contributed by atoms with Crippen molar-refractivity contribution in [1.29, 1.82) is 0 Å². The van der Waals surface area contributed by atoms with Gasteiger partial charge in [-0.15, -0.1) is 0 Å². The first-order valence-corrected chi connectivity index (χ1v) is 22.8. The Hall–Kier alpha value is -7.22. The van der Waals surface area contributed by atoms with Gasteiger partial charge >= 0.3 is 0 Å². The van der Waals surface area contributed by atoms with E-state index < -0.39 is 0 Å². The quantitative estimate of drug-likeness (QED) is 0.161. The summed E-state index contributed by atoms with van der Waals surface area (Å²) in [4.78, 5) is 2.43. The van der Waals surface area contributed by atoms with Gasteiger partial charge in [-0.1, -0.05) is 187 Å². The maximum Gasteiger partial charge on any atom is 0.0467 e. The van der Waals surface area contributed by atoms with Crippen molar-refractivity contribution in [2.75, 3.05) is 4.90 Å². The summed E-state index contributed by atoms with van der Waals surface area (Å²) in [6, 6.07) is 75.3. The second kappa shape index (κ2) is 13.9. The second-order valence-electron chi connectivity index (χ2n) is 19.8. The van der Waals surface area contributed by atoms with Crippen molar-refractivity contribution >= 4 is 17.1 Å². The largest absolute Gasteiger partial charge is 0.310 e. The molecule has 0 radical (unpaired) electrons. The van der Waals surface area contributed by atoms with Gasteiger partial charge < -0.3 is 4.90 Å². The first-order chi connectivity index (χ1) is 31.0. The minimum absolute atomic E-state index is 0.0281. The monoisotopic (exact) mass is 821 g/mol. The van der Waals surface area contributed by atoms with Gasteiger partial charge in [-0.3, -0.25) is 0 Å². The lowest BCUT2D eigenvalue weighted by atomic mass is 9.81. The lowest BCUT2D eigenvalue weighted by Gasteiger charge is -2.27. The number of hydrogen-bond donors (Lipinski definition) is 0. The van der Waals surface area contributed by atoms with E-state index in [0.717, 1.165) is 17.1 Å². The molecular formula is C63H51N. The summed E-state index contributed by atoms with van der Waals surface area (Å²) in [7, 11) is 0. The van der Waals surface area contributed by atoms with Crippen molar-refractivity contribution in [3.8, 4) is 66.8 Å². The molecule has 1 nitrogen and oxygen atoms in total. The number of hydrogen-bond acceptors (Lipinski definition) is 1. The van der Waals surface area contributed by atoms with Gasteiger partial charge in [-0.05, 0) is 155 Å². The Balaban J connectivity index is 0.960. The first-order valence-electron chi connectivity index (χ1n) is 22.8. The summed E-state index contributed by atoms with van der Waals surface area (Å²) in [6.45, 7) is 14.1. The third-order valence-corrected chi connectivity index (χ3v) is 15.1. The molecule has 12 rings (SSSR count). The Morgan fingerprint density at radius 3 is 1.09 bits per heavy atom. The van der Waals surface area contributed by atoms with Crippen LogP contribution in [0.3, 0.4) is 0 Å². The van der Waals surface area contributed by atoms with Crippen LogP contribution in [0.1, 0.15) is 74.9 Å². The zero-order valence-corrected chi connectivity index (χ0v) is 37.5. The highest BCUT2D eigenvalue weighted by atomic mass is 15.1. The lowest BCUT2D eigenvalue weighted by Crippen LogP contribution is -2.14. The van der Waals surface area contributed by atoms with Gasteiger partial charge in [-0.25, -0.2) is 0 Å². The molecule has 308 valence electrons. The number of rotatable bonds is 6. The SMILES string of the molecule is CC1(C)c2ccccc2-c2cc(-c3cccc(N(c4ccc(-c5ccc6c(c5)C(C)(C)c5ccccc5-6)cc4)c4cccc(-c5ccc6c(c5)-c5ccccc5C6(C)C)c4)c3)ccc21. The van der Waals surface area contributed by atoms with Crippen LogP contribution in [-0.2, 0) is 16.2 Å². The topological polar surface area (TPSA) is 3.24 Å². The molecule has 0 amide bonds. The Labute approximate surface area is 378 Å². The fourth-order valence-corrected chi connectivity index (χ4v) is 11.6. The third-order valence-electron chi connectivity index (χ3n) is 15.1. The van der Waals surface area contributed by atoms with E-state index in [9.17, 15) is 0 Å². The molecule has 3 aliphatic carbocycles. The second-order valence-corrected chi connectivity index (χ2v) is 19.8. The van der Waals surface area contributed by atoms with Crippen LogP contribution in [0.2, 0.25) is 0 Å². The molecule has 1 heteroatoms. The number of anilines is 3. The first kappa shape index (κ1) is 38.5. The molecule has 0 spiro atoms. The van der Waals surface area contributed by atoms with Crippen molar-refractivity contribution in [2.45, 2.75) is 57.8 Å². The maximum absolute atomic E-state index is 2.43. The molecule has 0 bridgehead atoms. The van der Waals surface area contributed by atoms with Gasteiger partial charge in [0, 0.05) is 33.3 Å². The van der Waals surface area contributed by atoms with Crippen LogP contribution in [0.5, 0.6) is 0 Å². The molecule has 0 atom stereocenters. The van der Waals surface area contributed by atoms with Gasteiger partial charge in [0.2, 0.25) is 0 Å². The fraction of sp³-hybridized carbons (Fsp3) is 0.143. The van der Waals surface area contributed by atoms with Gasteiger partial charge in [0.1, 0.15) is 0 Å². The highest BCUT2D eigenvalue weighted by Gasteiger charge is 2.37. The average molecular weight is 822 g/mol. The van der Waals surface area contributed by atoms with E-state index in [-0.39, 0.29) is 16.2 Å². The summed E-state index contributed by atoms with van der Waals surface area (Å²) in [6.07, 6.45) is 0. The van der Waals surface area contributed by atoms with E-state index in [1.807, 2.05) is 0 Å². The molecule has 0 saturated carbocycles. The number of nitrogens with zero attached hydrogens (tertiary/aromatic N) is 1. The van der Waals surface area contributed by atoms with Crippen LogP contribution in [0.25, 0.3) is 66.8 Å². The van der Waals surface area contributed by atoms with Crippen LogP contribution in [-0.4, -0.2) is 0 Å². The summed E-state index contributed by atoms with van der Waals surface area (Å²) >= 11 is 0. The van der Waals surface area contributed by atoms with Gasteiger partial charge in [-0.2, -0.15) is 0 Å². The number of benzene rings is 9. The van der Waals surface area contributed by atoms with E-state index in [1.165, 1.54) is 100 Å². The average Bonchev–Trinajstić information content (AvgIpc) is 3.81. The summed E-state index contributed by atoms with van der Waals surface area (Å²) in [5.74, 6) is 0. The van der Waals surface area contributed by atoms with E-state index in [0.29, 0.717) is 0 Å². The Bertz CT molecular complexity index is 3210. The molecule has 0 heterocycles. The summed E-state index contributed by atoms with van der Waals surface area (Å²) in [5.41, 5.74) is 27.0. The maximum atomic E-state index is 2.43. The van der Waals surface area contributed by atoms with Crippen LogP contribution >= 0.6 is 0 Å². The highest BCUT2D eigenvalue weighted by Crippen LogP contribution is 2.53. The summed E-state index contributed by atoms with van der Waals surface area (Å²) in [5, 5.41) is 0. The molecule has 9 aromatic rings. The minimum atomic E-state index is -0.0500. The van der Waals surface area contributed by atoms with Crippen LogP contribution in [0.4, 0.5) is 17.1 Å². The van der Waals surface area contributed by atoms with E-state index in [2.05, 4.69) is 247 Å². The molecule has 0 aromatic heterocycles. The van der Waals surface area contributed by atoms with Gasteiger partial charge in [0.15, 0.2) is 0 Å². The molecule has 0 fully saturated rings. The Kier molecular flexibility index (Phi) is 8.35. The normalized spacial score (nSPS) is 15.1. The summed E-state index contributed by atoms with van der Waals surface area (Å²) < 4.78 is 0. The zero-order chi connectivity index (χ0) is 43.5. The Morgan fingerprint density at radius 2 is 0.594 bits per heavy atom. The Morgan fingerprint density at radius 1 is 0.234 bits per heavy atom. The van der Waals surface area contributed by atoms with Gasteiger partial charge in [0.25, 0.3) is 0 Å². The van der Waals surface area contributed by atoms with Crippen molar-refractivity contribution in [2.24, 2.45) is 0 Å². The molecule has 0 saturated heterocycles. The van der Waals surface area contributed by atoms with Crippen LogP contribution in [0, 0.1) is 0 Å². The molecule has 0 N–H and O–H groups in total. The lowest BCUT2D eigenvalue weighted by molar-refractivity contribution is 0.660. The minimum Gasteiger partial charge on any atom is -0.310 e. The van der Waals surface area contributed by atoms with E-state index >= 15 is 0 Å². The predicted octanol–water partition coefficient (Wildman–Crippen LogP) is 17.1. The smallest absolute Gasteiger partial charge is 0.0467 e. The fourth-order valence-electron chi connectivity index (χ4n) is 11.6. The van der Waals surface area contributed by atoms with E-state index in [1.54, 1.807) is 0 Å².